The number of aliphatic hydroxyl groups is 2. The minimum atomic E-state index is -4.67. The molecule has 14 nitrogen and oxygen atoms in total. The van der Waals surface area contributed by atoms with Gasteiger partial charge in [-0.3, -0.25) is 23.9 Å². The van der Waals surface area contributed by atoms with Crippen LogP contribution in [-0.4, -0.2) is 89.2 Å². The molecule has 8 unspecified atom stereocenters. The van der Waals surface area contributed by atoms with E-state index in [2.05, 4.69) is 17.9 Å². The summed E-state index contributed by atoms with van der Waals surface area (Å²) in [7, 11) is -4.67. The van der Waals surface area contributed by atoms with Crippen LogP contribution < -0.4 is 0 Å². The minimum absolute atomic E-state index is 0.0283. The molecule has 0 amide bonds. The molecule has 59 heavy (non-hydrogen) atoms. The highest BCUT2D eigenvalue weighted by molar-refractivity contribution is 7.47. The van der Waals surface area contributed by atoms with Crippen molar-refractivity contribution in [2.24, 2.45) is 11.8 Å². The SMILES string of the molecule is CC/C=C\CC(/C=C/C1C2CC(OO2)C1C/C=C\CCCC(=O)OC(COC(=O)CCCCCCCCCCCCCCCCC)COP(=O)(O)OCC(O)CO)OO. The number of carbonyl (C=O) groups is 2. The van der Waals surface area contributed by atoms with Gasteiger partial charge in [0.1, 0.15) is 24.9 Å². The van der Waals surface area contributed by atoms with Crippen molar-refractivity contribution in [3.8, 4) is 0 Å². The molecule has 2 fully saturated rings. The molecule has 4 N–H and O–H groups in total. The van der Waals surface area contributed by atoms with Gasteiger partial charge in [-0.25, -0.2) is 19.2 Å². The number of carbonyl (C=O) groups excluding carboxylic acids is 2. The molecule has 0 radical (unpaired) electrons. The Hall–Kier alpha value is -1.97. The Morgan fingerprint density at radius 2 is 1.37 bits per heavy atom. The lowest BCUT2D eigenvalue weighted by atomic mass is 9.89. The molecule has 0 aromatic carbocycles. The maximum Gasteiger partial charge on any atom is 0.472 e. The number of ether oxygens (including phenoxy) is 2. The summed E-state index contributed by atoms with van der Waals surface area (Å²) in [4.78, 5) is 50.9. The van der Waals surface area contributed by atoms with Crippen LogP contribution in [0.3, 0.4) is 0 Å². The number of allylic oxidation sites excluding steroid dienone is 3. The molecule has 8 atom stereocenters. The van der Waals surface area contributed by atoms with E-state index in [4.69, 9.17) is 33.4 Å². The Balaban J connectivity index is 1.72. The first-order valence-corrected chi connectivity index (χ1v) is 24.0. The highest BCUT2D eigenvalue weighted by Crippen LogP contribution is 2.45. The van der Waals surface area contributed by atoms with Gasteiger partial charge in [-0.2, -0.15) is 0 Å². The van der Waals surface area contributed by atoms with Gasteiger partial charge in [0, 0.05) is 31.1 Å². The number of fused-ring (bicyclic) bond motifs is 2. The predicted octanol–water partition coefficient (Wildman–Crippen LogP) is 9.41. The maximum absolute atomic E-state index is 12.8. The summed E-state index contributed by atoms with van der Waals surface area (Å²) in [5.74, 6) is -0.750. The fourth-order valence-electron chi connectivity index (χ4n) is 7.27. The molecule has 0 aromatic rings. The molecule has 2 aliphatic rings. The highest BCUT2D eigenvalue weighted by atomic mass is 31.2. The normalized spacial score (nSPS) is 21.7. The van der Waals surface area contributed by atoms with Crippen LogP contribution in [0.4, 0.5) is 0 Å². The Morgan fingerprint density at radius 1 is 0.763 bits per heavy atom. The zero-order valence-corrected chi connectivity index (χ0v) is 36.8. The number of esters is 2. The van der Waals surface area contributed by atoms with Crippen LogP contribution in [0.5, 0.6) is 0 Å². The number of hydrogen-bond donors (Lipinski definition) is 4. The first kappa shape index (κ1) is 53.2. The van der Waals surface area contributed by atoms with Gasteiger partial charge in [0.05, 0.1) is 25.9 Å². The van der Waals surface area contributed by atoms with E-state index < -0.39 is 57.9 Å². The molecule has 2 bridgehead atoms. The highest BCUT2D eigenvalue weighted by Gasteiger charge is 2.49. The number of hydrogen-bond acceptors (Lipinski definition) is 13. The Labute approximate surface area is 353 Å². The first-order chi connectivity index (χ1) is 28.6. The molecular formula is C44H77O14P. The third-order valence-corrected chi connectivity index (χ3v) is 11.7. The molecule has 15 heteroatoms. The predicted molar refractivity (Wildman–Crippen MR) is 225 cm³/mol. The summed E-state index contributed by atoms with van der Waals surface area (Å²) in [6.07, 6.45) is 31.5. The molecular weight excluding hydrogens is 783 g/mol. The van der Waals surface area contributed by atoms with Crippen LogP contribution in [0.15, 0.2) is 36.5 Å². The van der Waals surface area contributed by atoms with Gasteiger partial charge in [0.2, 0.25) is 0 Å². The Bertz CT molecular complexity index is 1230. The van der Waals surface area contributed by atoms with Crippen LogP contribution >= 0.6 is 7.82 Å². The second-order valence-corrected chi connectivity index (χ2v) is 17.3. The van der Waals surface area contributed by atoms with Crippen molar-refractivity contribution in [2.45, 2.75) is 192 Å². The summed E-state index contributed by atoms with van der Waals surface area (Å²) in [5, 5.41) is 27.7. The smallest absolute Gasteiger partial charge is 0.462 e. The average molecular weight is 861 g/mol. The fraction of sp³-hybridized carbons (Fsp3) is 0.818. The zero-order valence-electron chi connectivity index (χ0n) is 35.9. The molecule has 1 aliphatic carbocycles. The topological polar surface area (TPSA) is 197 Å². The molecule has 0 aromatic heterocycles. The van der Waals surface area contributed by atoms with Gasteiger partial charge < -0.3 is 24.6 Å². The van der Waals surface area contributed by atoms with Crippen LogP contribution in [0, 0.1) is 11.8 Å². The van der Waals surface area contributed by atoms with Crippen molar-refractivity contribution >= 4 is 19.8 Å². The zero-order chi connectivity index (χ0) is 43.0. The molecule has 342 valence electrons. The monoisotopic (exact) mass is 861 g/mol. The lowest BCUT2D eigenvalue weighted by molar-refractivity contribution is -0.336. The van der Waals surface area contributed by atoms with Crippen LogP contribution in [0.1, 0.15) is 162 Å². The quantitative estimate of drug-likeness (QED) is 0.0114. The van der Waals surface area contributed by atoms with E-state index in [1.165, 1.54) is 70.6 Å². The number of phosphoric acid groups is 1. The summed E-state index contributed by atoms with van der Waals surface area (Å²) in [6.45, 7) is 2.01. The van der Waals surface area contributed by atoms with E-state index in [1.54, 1.807) is 0 Å². The van der Waals surface area contributed by atoms with Gasteiger partial charge in [0.25, 0.3) is 0 Å². The maximum atomic E-state index is 12.8. The van der Waals surface area contributed by atoms with E-state index in [0.29, 0.717) is 25.7 Å². The van der Waals surface area contributed by atoms with E-state index in [9.17, 15) is 29.4 Å². The molecule has 1 saturated heterocycles. The van der Waals surface area contributed by atoms with E-state index in [0.717, 1.165) is 38.5 Å². The second kappa shape index (κ2) is 33.6. The van der Waals surface area contributed by atoms with Gasteiger partial charge in [-0.1, -0.05) is 140 Å². The van der Waals surface area contributed by atoms with Crippen LogP contribution in [-0.2, 0) is 47.3 Å². The number of rotatable bonds is 38. The number of aliphatic hydroxyl groups excluding tert-OH is 2. The van der Waals surface area contributed by atoms with Crippen LogP contribution in [0.25, 0.3) is 0 Å². The minimum Gasteiger partial charge on any atom is -0.462 e. The summed E-state index contributed by atoms with van der Waals surface area (Å²) in [6, 6.07) is 0. The van der Waals surface area contributed by atoms with Gasteiger partial charge in [-0.05, 0) is 38.5 Å². The van der Waals surface area contributed by atoms with E-state index in [1.807, 2.05) is 37.3 Å². The Kier molecular flexibility index (Phi) is 30.3. The molecule has 1 aliphatic heterocycles. The summed E-state index contributed by atoms with van der Waals surface area (Å²) in [5.41, 5.74) is 0. The molecule has 2 rings (SSSR count). The second-order valence-electron chi connectivity index (χ2n) is 15.9. The van der Waals surface area contributed by atoms with E-state index in [-0.39, 0.29) is 43.5 Å². The van der Waals surface area contributed by atoms with Gasteiger partial charge in [-0.15, -0.1) is 0 Å². The number of unbranched alkanes of at least 4 members (excludes halogenated alkanes) is 15. The molecule has 0 spiro atoms. The standard InChI is InChI=1S/C44H77O14P/c1-3-5-7-8-9-10-11-12-13-14-15-16-17-18-23-27-43(47)52-34-38(35-54-59(50,51)53-33-36(46)32-45)55-44(48)28-24-20-19-22-26-39-40(42-31-41(39)57-58-42)30-29-37(56-49)25-21-6-4-2/h6,19,21-22,29-30,36-42,45-46,49H,3-5,7-18,20,23-28,31-35H2,1-2H3,(H,50,51)/b21-6-,22-19-,30-29+. The lowest BCUT2D eigenvalue weighted by Gasteiger charge is -2.27. The Morgan fingerprint density at radius 3 is 2.00 bits per heavy atom. The van der Waals surface area contributed by atoms with Crippen molar-refractivity contribution in [2.75, 3.05) is 26.4 Å². The van der Waals surface area contributed by atoms with Crippen molar-refractivity contribution in [3.05, 3.63) is 36.5 Å². The summed E-state index contributed by atoms with van der Waals surface area (Å²) >= 11 is 0. The van der Waals surface area contributed by atoms with Crippen molar-refractivity contribution < 1.29 is 67.7 Å². The lowest BCUT2D eigenvalue weighted by Crippen LogP contribution is -2.29. The average Bonchev–Trinajstić information content (AvgIpc) is 3.84. The first-order valence-electron chi connectivity index (χ1n) is 22.5. The molecule has 1 saturated carbocycles. The summed E-state index contributed by atoms with van der Waals surface area (Å²) < 4.78 is 32.8. The van der Waals surface area contributed by atoms with E-state index >= 15 is 0 Å². The van der Waals surface area contributed by atoms with Crippen molar-refractivity contribution in [1.29, 1.82) is 0 Å². The third-order valence-electron chi connectivity index (χ3n) is 10.7. The number of phosphoric ester groups is 1. The van der Waals surface area contributed by atoms with Crippen LogP contribution in [0.2, 0.25) is 0 Å². The van der Waals surface area contributed by atoms with Gasteiger partial charge >= 0.3 is 19.8 Å². The molecule has 1 heterocycles. The largest absolute Gasteiger partial charge is 0.472 e. The fourth-order valence-corrected chi connectivity index (χ4v) is 8.06. The van der Waals surface area contributed by atoms with Gasteiger partial charge in [0.15, 0.2) is 6.10 Å². The third kappa shape index (κ3) is 25.5. The van der Waals surface area contributed by atoms with Crippen molar-refractivity contribution in [1.82, 2.24) is 0 Å². The van der Waals surface area contributed by atoms with Crippen molar-refractivity contribution in [3.63, 3.8) is 0 Å².